The Hall–Kier alpha value is -3.41. The van der Waals surface area contributed by atoms with E-state index in [2.05, 4.69) is 43.0 Å². The highest BCUT2D eigenvalue weighted by Gasteiger charge is 2.11. The van der Waals surface area contributed by atoms with Crippen LogP contribution in [0.2, 0.25) is 0 Å². The number of nitro benzene ring substituents is 1. The molecule has 0 aliphatic rings. The highest BCUT2D eigenvalue weighted by atomic mass is 127. The lowest BCUT2D eigenvalue weighted by atomic mass is 10.2. The number of hydrogen-bond donors (Lipinski definition) is 0. The molecule has 0 saturated carbocycles. The summed E-state index contributed by atoms with van der Waals surface area (Å²) in [4.78, 5) is 10.3. The minimum Gasteiger partial charge on any atom is -0.494 e. The van der Waals surface area contributed by atoms with E-state index in [9.17, 15) is 10.1 Å². The molecule has 152 valence electrons. The summed E-state index contributed by atoms with van der Waals surface area (Å²) in [7, 11) is 3.02. The number of nitrogens with zero attached hydrogens (tertiary/aromatic N) is 5. The Labute approximate surface area is 185 Å². The van der Waals surface area contributed by atoms with Crippen LogP contribution in [0, 0.1) is 13.7 Å². The molecule has 0 fully saturated rings. The van der Waals surface area contributed by atoms with Crippen molar-refractivity contribution in [3.8, 4) is 11.5 Å². The van der Waals surface area contributed by atoms with Gasteiger partial charge in [0.2, 0.25) is 0 Å². The number of nitro groups is 1. The van der Waals surface area contributed by atoms with Crippen molar-refractivity contribution in [1.29, 1.82) is 0 Å². The summed E-state index contributed by atoms with van der Waals surface area (Å²) in [5, 5.41) is 27.5. The van der Waals surface area contributed by atoms with Crippen molar-refractivity contribution in [2.45, 2.75) is 0 Å². The second kappa shape index (κ2) is 9.87. The van der Waals surface area contributed by atoms with Crippen molar-refractivity contribution < 1.29 is 14.4 Å². The highest BCUT2D eigenvalue weighted by molar-refractivity contribution is 14.1. The second-order valence-corrected chi connectivity index (χ2v) is 7.09. The van der Waals surface area contributed by atoms with Crippen molar-refractivity contribution >= 4 is 51.0 Å². The third-order valence-electron chi connectivity index (χ3n) is 3.91. The first-order valence-corrected chi connectivity index (χ1v) is 9.67. The molecule has 0 heterocycles. The lowest BCUT2D eigenvalue weighted by molar-refractivity contribution is -0.384. The molecule has 0 atom stereocenters. The van der Waals surface area contributed by atoms with Crippen LogP contribution < -0.4 is 9.47 Å². The van der Waals surface area contributed by atoms with E-state index in [1.807, 2.05) is 24.3 Å². The fraction of sp³-hybridized carbons (Fsp3) is 0.100. The molecule has 0 radical (unpaired) electrons. The maximum Gasteiger partial charge on any atom is 0.269 e. The molecule has 0 saturated heterocycles. The number of non-ortho nitro benzene ring substituents is 1. The fourth-order valence-electron chi connectivity index (χ4n) is 2.39. The maximum absolute atomic E-state index is 10.7. The van der Waals surface area contributed by atoms with Gasteiger partial charge in [-0.15, -0.1) is 10.2 Å². The predicted octanol–water partition coefficient (Wildman–Crippen LogP) is 7.05. The van der Waals surface area contributed by atoms with Gasteiger partial charge in [-0.2, -0.15) is 10.2 Å². The molecule has 0 bridgehead atoms. The van der Waals surface area contributed by atoms with E-state index in [4.69, 9.17) is 9.47 Å². The van der Waals surface area contributed by atoms with E-state index in [0.29, 0.717) is 34.2 Å². The largest absolute Gasteiger partial charge is 0.494 e. The van der Waals surface area contributed by atoms with Gasteiger partial charge in [0.1, 0.15) is 22.9 Å². The molecule has 3 aromatic carbocycles. The second-order valence-electron chi connectivity index (χ2n) is 5.85. The Balaban J connectivity index is 1.88. The fourth-order valence-corrected chi connectivity index (χ4v) is 2.75. The average molecular weight is 517 g/mol. The van der Waals surface area contributed by atoms with Crippen molar-refractivity contribution in [3.05, 3.63) is 74.3 Å². The van der Waals surface area contributed by atoms with Gasteiger partial charge in [0, 0.05) is 27.8 Å². The molecule has 0 amide bonds. The molecule has 3 aromatic rings. The van der Waals surface area contributed by atoms with Gasteiger partial charge in [0.25, 0.3) is 5.69 Å². The molecule has 9 nitrogen and oxygen atoms in total. The summed E-state index contributed by atoms with van der Waals surface area (Å²) in [6.07, 6.45) is 0. The zero-order valence-corrected chi connectivity index (χ0v) is 18.2. The zero-order valence-electron chi connectivity index (χ0n) is 16.0. The standard InChI is InChI=1S/C20H16IN5O4/c1-29-19-12-18(25-23-15-7-9-16(10-8-15)26(27)28)20(30-2)11-17(19)24-22-14-5-3-13(21)4-6-14/h3-12H,1-2H3. The van der Waals surface area contributed by atoms with E-state index < -0.39 is 4.92 Å². The molecule has 30 heavy (non-hydrogen) atoms. The van der Waals surface area contributed by atoms with Gasteiger partial charge in [-0.1, -0.05) is 0 Å². The molecular formula is C20H16IN5O4. The topological polar surface area (TPSA) is 111 Å². The molecule has 0 aromatic heterocycles. The number of ether oxygens (including phenoxy) is 2. The minimum atomic E-state index is -0.474. The van der Waals surface area contributed by atoms with Crippen LogP contribution >= 0.6 is 22.6 Å². The smallest absolute Gasteiger partial charge is 0.269 e. The van der Waals surface area contributed by atoms with Gasteiger partial charge in [0.05, 0.1) is 30.5 Å². The van der Waals surface area contributed by atoms with E-state index >= 15 is 0 Å². The van der Waals surface area contributed by atoms with Crippen molar-refractivity contribution in [2.75, 3.05) is 14.2 Å². The van der Waals surface area contributed by atoms with E-state index in [-0.39, 0.29) is 5.69 Å². The Morgan fingerprint density at radius 2 is 1.20 bits per heavy atom. The van der Waals surface area contributed by atoms with E-state index in [0.717, 1.165) is 3.57 Å². The first-order chi connectivity index (χ1) is 14.5. The van der Waals surface area contributed by atoms with Crippen LogP contribution in [0.1, 0.15) is 0 Å². The number of halogens is 1. The summed E-state index contributed by atoms with van der Waals surface area (Å²) in [6, 6.07) is 16.6. The summed E-state index contributed by atoms with van der Waals surface area (Å²) < 4.78 is 11.9. The molecule has 3 rings (SSSR count). The van der Waals surface area contributed by atoms with Crippen LogP contribution in [0.15, 0.2) is 81.1 Å². The lowest BCUT2D eigenvalue weighted by Gasteiger charge is -2.09. The van der Waals surface area contributed by atoms with Gasteiger partial charge < -0.3 is 9.47 Å². The summed E-state index contributed by atoms with van der Waals surface area (Å²) in [6.45, 7) is 0. The molecule has 0 aliphatic heterocycles. The SMILES string of the molecule is COc1cc(N=Nc2ccc([N+](=O)[O-])cc2)c(OC)cc1N=Nc1ccc(I)cc1. The van der Waals surface area contributed by atoms with Crippen molar-refractivity contribution in [3.63, 3.8) is 0 Å². The van der Waals surface area contributed by atoms with Crippen LogP contribution in [-0.4, -0.2) is 19.1 Å². The van der Waals surface area contributed by atoms with Gasteiger partial charge in [-0.25, -0.2) is 0 Å². The van der Waals surface area contributed by atoms with Crippen LogP contribution in [-0.2, 0) is 0 Å². The first-order valence-electron chi connectivity index (χ1n) is 8.59. The highest BCUT2D eigenvalue weighted by Crippen LogP contribution is 2.41. The average Bonchev–Trinajstić information content (AvgIpc) is 2.77. The summed E-state index contributed by atoms with van der Waals surface area (Å²) in [5.74, 6) is 0.876. The monoisotopic (exact) mass is 517 g/mol. The van der Waals surface area contributed by atoms with Gasteiger partial charge in [-0.3, -0.25) is 10.1 Å². The Morgan fingerprint density at radius 1 is 0.767 bits per heavy atom. The number of hydrogen-bond acceptors (Lipinski definition) is 8. The zero-order chi connectivity index (χ0) is 21.5. The summed E-state index contributed by atoms with van der Waals surface area (Å²) >= 11 is 2.22. The van der Waals surface area contributed by atoms with Crippen LogP contribution in [0.5, 0.6) is 11.5 Å². The van der Waals surface area contributed by atoms with E-state index in [1.54, 1.807) is 12.1 Å². The number of azo groups is 2. The van der Waals surface area contributed by atoms with Crippen molar-refractivity contribution in [1.82, 2.24) is 0 Å². The lowest BCUT2D eigenvalue weighted by Crippen LogP contribution is -1.88. The van der Waals surface area contributed by atoms with E-state index in [1.165, 1.54) is 38.5 Å². The van der Waals surface area contributed by atoms with Gasteiger partial charge in [0.15, 0.2) is 0 Å². The Kier molecular flexibility index (Phi) is 7.01. The van der Waals surface area contributed by atoms with Gasteiger partial charge in [-0.05, 0) is 59.0 Å². The minimum absolute atomic E-state index is 0.0176. The molecule has 0 aliphatic carbocycles. The number of methoxy groups -OCH3 is 2. The first kappa shape index (κ1) is 21.3. The number of benzene rings is 3. The quantitative estimate of drug-likeness (QED) is 0.145. The molecule has 0 unspecified atom stereocenters. The van der Waals surface area contributed by atoms with Crippen LogP contribution in [0.3, 0.4) is 0 Å². The molecule has 0 N–H and O–H groups in total. The van der Waals surface area contributed by atoms with Crippen LogP contribution in [0.25, 0.3) is 0 Å². The maximum atomic E-state index is 10.7. The third-order valence-corrected chi connectivity index (χ3v) is 4.63. The Bertz CT molecular complexity index is 1100. The third kappa shape index (κ3) is 5.35. The molecule has 0 spiro atoms. The molecular weight excluding hydrogens is 501 g/mol. The van der Waals surface area contributed by atoms with Crippen LogP contribution in [0.4, 0.5) is 28.4 Å². The Morgan fingerprint density at radius 3 is 1.60 bits per heavy atom. The number of rotatable bonds is 7. The predicted molar refractivity (Wildman–Crippen MR) is 120 cm³/mol. The molecule has 10 heteroatoms. The van der Waals surface area contributed by atoms with Gasteiger partial charge >= 0.3 is 0 Å². The normalized spacial score (nSPS) is 11.2. The van der Waals surface area contributed by atoms with Crippen molar-refractivity contribution in [2.24, 2.45) is 20.5 Å². The summed E-state index contributed by atoms with van der Waals surface area (Å²) in [5.41, 5.74) is 2.04.